The van der Waals surface area contributed by atoms with Gasteiger partial charge in [-0.3, -0.25) is 0 Å². The molecule has 0 saturated heterocycles. The van der Waals surface area contributed by atoms with Gasteiger partial charge in [-0.1, -0.05) is 36.1 Å². The van der Waals surface area contributed by atoms with Crippen molar-refractivity contribution in [1.29, 1.82) is 0 Å². The van der Waals surface area contributed by atoms with E-state index in [9.17, 15) is 4.21 Å². The summed E-state index contributed by atoms with van der Waals surface area (Å²) in [5.74, 6) is 0.558. The second-order valence-electron chi connectivity index (χ2n) is 6.90. The van der Waals surface area contributed by atoms with E-state index in [1.807, 2.05) is 42.8 Å². The Labute approximate surface area is 205 Å². The Morgan fingerprint density at radius 1 is 1.32 bits per heavy atom. The third-order valence-electron chi connectivity index (χ3n) is 4.85. The van der Waals surface area contributed by atoms with Crippen molar-refractivity contribution in [2.75, 3.05) is 35.2 Å². The number of allylic oxidation sites excluding steroid dienone is 1. The van der Waals surface area contributed by atoms with Crippen molar-refractivity contribution in [3.8, 4) is 5.75 Å². The highest BCUT2D eigenvalue weighted by atomic mass is 127. The lowest BCUT2D eigenvalue weighted by Gasteiger charge is -2.24. The summed E-state index contributed by atoms with van der Waals surface area (Å²) >= 11 is 2.15. The molecule has 0 bridgehead atoms. The zero-order chi connectivity index (χ0) is 22.8. The third kappa shape index (κ3) is 7.15. The van der Waals surface area contributed by atoms with Gasteiger partial charge in [0.05, 0.1) is 5.00 Å². The lowest BCUT2D eigenvalue weighted by Crippen LogP contribution is -2.25. The Balaban J connectivity index is 2.21. The fourth-order valence-corrected chi connectivity index (χ4v) is 5.62. The summed E-state index contributed by atoms with van der Waals surface area (Å²) in [7, 11) is 1.85. The van der Waals surface area contributed by atoms with E-state index in [1.165, 1.54) is 17.5 Å². The molecule has 0 spiro atoms. The number of nitrogens with zero attached hydrogens (tertiary/aromatic N) is 2. The number of nitrogen functional groups attached to an aromatic ring is 1. The number of thiophene rings is 1. The number of rotatable bonds is 13. The molecular weight excluding hydrogens is 543 g/mol. The van der Waals surface area contributed by atoms with Crippen molar-refractivity contribution in [3.05, 3.63) is 66.0 Å². The quantitative estimate of drug-likeness (QED) is 0.258. The third-order valence-corrected chi connectivity index (χ3v) is 7.33. The molecule has 1 heterocycles. The highest BCUT2D eigenvalue weighted by molar-refractivity contribution is 14.1. The molecule has 2 atom stereocenters. The van der Waals surface area contributed by atoms with Crippen LogP contribution in [0.25, 0.3) is 0 Å². The smallest absolute Gasteiger partial charge is 0.214 e. The summed E-state index contributed by atoms with van der Waals surface area (Å²) in [6, 6.07) is 9.65. The van der Waals surface area contributed by atoms with Crippen molar-refractivity contribution in [3.63, 3.8) is 0 Å². The van der Waals surface area contributed by atoms with Gasteiger partial charge in [0.25, 0.3) is 0 Å². The molecule has 31 heavy (non-hydrogen) atoms. The number of hydrogen-bond acceptors (Lipinski definition) is 7. The lowest BCUT2D eigenvalue weighted by atomic mass is 10.1. The zero-order valence-corrected chi connectivity index (χ0v) is 21.8. The van der Waals surface area contributed by atoms with Gasteiger partial charge in [0, 0.05) is 54.1 Å². The van der Waals surface area contributed by atoms with Gasteiger partial charge < -0.3 is 25.5 Å². The molecule has 1 aromatic heterocycles. The maximum atomic E-state index is 13.3. The topological polar surface area (TPSA) is 84.8 Å². The van der Waals surface area contributed by atoms with Crippen LogP contribution in [0.1, 0.15) is 30.6 Å². The van der Waals surface area contributed by atoms with E-state index >= 15 is 0 Å². The number of halogens is 1. The Morgan fingerprint density at radius 2 is 2.03 bits per heavy atom. The van der Waals surface area contributed by atoms with Crippen LogP contribution in [0, 0.1) is 0 Å². The first-order valence-electron chi connectivity index (χ1n) is 10.0. The molecule has 2 rings (SSSR count). The standard InChI is InChI=1S/C22H31IN4O2S2/c1-4-12-27(13-11-23)17-6-8-19(9-7-17)29-31(28)21(20-10-14-30-22(20)25)15-18(16-24)26(3)5-2/h5-10,14,16,21H,2,4,11-13,15,24-25H2,1,3H3/b18-16-. The van der Waals surface area contributed by atoms with Gasteiger partial charge >= 0.3 is 0 Å². The minimum absolute atomic E-state index is 0.407. The predicted molar refractivity (Wildman–Crippen MR) is 143 cm³/mol. The number of hydrogen-bond donors (Lipinski definition) is 2. The van der Waals surface area contributed by atoms with E-state index in [4.69, 9.17) is 15.7 Å². The molecule has 9 heteroatoms. The highest BCUT2D eigenvalue weighted by Crippen LogP contribution is 2.36. The van der Waals surface area contributed by atoms with Crippen LogP contribution >= 0.6 is 33.9 Å². The molecule has 0 saturated carbocycles. The molecule has 1 aromatic carbocycles. The highest BCUT2D eigenvalue weighted by Gasteiger charge is 2.26. The Hall–Kier alpha value is -1.72. The van der Waals surface area contributed by atoms with Gasteiger partial charge in [0.15, 0.2) is 0 Å². The van der Waals surface area contributed by atoms with Gasteiger partial charge in [0.2, 0.25) is 11.1 Å². The summed E-state index contributed by atoms with van der Waals surface area (Å²) in [5, 5.41) is 2.06. The molecule has 170 valence electrons. The molecule has 0 radical (unpaired) electrons. The van der Waals surface area contributed by atoms with Crippen molar-refractivity contribution < 1.29 is 8.39 Å². The number of nitrogens with two attached hydrogens (primary N) is 2. The van der Waals surface area contributed by atoms with Gasteiger partial charge in [-0.15, -0.1) is 11.3 Å². The monoisotopic (exact) mass is 574 g/mol. The van der Waals surface area contributed by atoms with Crippen LogP contribution in [-0.4, -0.2) is 33.7 Å². The summed E-state index contributed by atoms with van der Waals surface area (Å²) in [4.78, 5) is 4.14. The number of alkyl halides is 1. The minimum atomic E-state index is -1.66. The first-order chi connectivity index (χ1) is 14.9. The average Bonchev–Trinajstić information content (AvgIpc) is 3.20. The summed E-state index contributed by atoms with van der Waals surface area (Å²) < 4.78 is 20.2. The Kier molecular flexibility index (Phi) is 10.7. The van der Waals surface area contributed by atoms with Crippen molar-refractivity contribution in [2.24, 2.45) is 5.73 Å². The largest absolute Gasteiger partial charge is 0.403 e. The fourth-order valence-electron chi connectivity index (χ4n) is 3.12. The van der Waals surface area contributed by atoms with Crippen LogP contribution in [0.2, 0.25) is 0 Å². The zero-order valence-electron chi connectivity index (χ0n) is 18.0. The van der Waals surface area contributed by atoms with Crippen LogP contribution < -0.4 is 20.6 Å². The molecule has 0 aliphatic rings. The number of anilines is 2. The van der Waals surface area contributed by atoms with Crippen LogP contribution in [0.4, 0.5) is 10.7 Å². The van der Waals surface area contributed by atoms with E-state index in [0.29, 0.717) is 17.2 Å². The van der Waals surface area contributed by atoms with Crippen LogP contribution in [0.5, 0.6) is 5.75 Å². The van der Waals surface area contributed by atoms with Gasteiger partial charge in [-0.25, -0.2) is 4.21 Å². The maximum Gasteiger partial charge on any atom is 0.214 e. The summed E-state index contributed by atoms with van der Waals surface area (Å²) in [6.07, 6.45) is 4.65. The Morgan fingerprint density at radius 3 is 2.55 bits per heavy atom. The molecule has 0 aliphatic carbocycles. The molecule has 6 nitrogen and oxygen atoms in total. The molecule has 0 amide bonds. The van der Waals surface area contributed by atoms with Crippen LogP contribution in [0.15, 0.2) is 60.4 Å². The lowest BCUT2D eigenvalue weighted by molar-refractivity contribution is 0.512. The Bertz CT molecular complexity index is 880. The molecule has 0 fully saturated rings. The van der Waals surface area contributed by atoms with Crippen molar-refractivity contribution in [1.82, 2.24) is 4.90 Å². The fraction of sp³-hybridized carbons (Fsp3) is 0.364. The first kappa shape index (κ1) is 25.5. The SMILES string of the molecule is C=CN(C)/C(=C\N)CC(c1ccsc1N)S(=O)Oc1ccc(N(CCC)CCI)cc1. The van der Waals surface area contributed by atoms with E-state index in [1.54, 1.807) is 11.1 Å². The van der Waals surface area contributed by atoms with E-state index in [0.717, 1.165) is 40.9 Å². The first-order valence-corrected chi connectivity index (χ1v) is 13.6. The van der Waals surface area contributed by atoms with E-state index in [2.05, 4.69) is 41.0 Å². The molecule has 0 aliphatic heterocycles. The van der Waals surface area contributed by atoms with Crippen LogP contribution in [0.3, 0.4) is 0 Å². The van der Waals surface area contributed by atoms with Gasteiger partial charge in [-0.2, -0.15) is 0 Å². The maximum absolute atomic E-state index is 13.3. The molecule has 2 aromatic rings. The number of benzene rings is 1. The predicted octanol–water partition coefficient (Wildman–Crippen LogP) is 5.03. The van der Waals surface area contributed by atoms with E-state index < -0.39 is 16.3 Å². The van der Waals surface area contributed by atoms with Gasteiger partial charge in [0.1, 0.15) is 11.0 Å². The molecular formula is C22H31IN4O2S2. The average molecular weight is 575 g/mol. The van der Waals surface area contributed by atoms with Crippen molar-refractivity contribution >= 4 is 55.7 Å². The summed E-state index contributed by atoms with van der Waals surface area (Å²) in [6.45, 7) is 7.94. The molecule has 4 N–H and O–H groups in total. The minimum Gasteiger partial charge on any atom is -0.403 e. The van der Waals surface area contributed by atoms with Crippen LogP contribution in [-0.2, 0) is 11.1 Å². The van der Waals surface area contributed by atoms with Gasteiger partial charge in [-0.05, 0) is 48.3 Å². The van der Waals surface area contributed by atoms with E-state index in [-0.39, 0.29) is 0 Å². The second kappa shape index (κ2) is 13.0. The molecule has 2 unspecified atom stereocenters. The normalized spacial score (nSPS) is 13.5. The second-order valence-corrected chi connectivity index (χ2v) is 10.2. The van der Waals surface area contributed by atoms with Crippen molar-refractivity contribution in [2.45, 2.75) is 25.0 Å². The summed E-state index contributed by atoms with van der Waals surface area (Å²) in [5.41, 5.74) is 14.7.